The Labute approximate surface area is 154 Å². The van der Waals surface area contributed by atoms with Gasteiger partial charge in [0.1, 0.15) is 12.9 Å². The molecule has 0 radical (unpaired) electrons. The number of H-pyrrole nitrogens is 1. The van der Waals surface area contributed by atoms with Crippen molar-refractivity contribution in [2.75, 3.05) is 19.6 Å². The molecule has 1 aromatic carbocycles. The number of hydrogen-bond donors (Lipinski definition) is 2. The fourth-order valence-electron chi connectivity index (χ4n) is 3.41. The van der Waals surface area contributed by atoms with Crippen LogP contribution in [0.25, 0.3) is 10.9 Å². The lowest BCUT2D eigenvalue weighted by Crippen LogP contribution is -2.44. The van der Waals surface area contributed by atoms with E-state index in [0.717, 1.165) is 30.3 Å². The van der Waals surface area contributed by atoms with E-state index in [9.17, 15) is 9.59 Å². The first kappa shape index (κ1) is 17.1. The number of para-hydroxylation sites is 1. The molecular weight excluding hydrogens is 348 g/mol. The molecule has 27 heavy (non-hydrogen) atoms. The number of nitrogens with zero attached hydrogens (tertiary/aromatic N) is 6. The van der Waals surface area contributed by atoms with E-state index in [2.05, 4.69) is 31.0 Å². The predicted octanol–water partition coefficient (Wildman–Crippen LogP) is 0.218. The topological polar surface area (TPSA) is 122 Å². The Morgan fingerprint density at radius 3 is 3.04 bits per heavy atom. The summed E-state index contributed by atoms with van der Waals surface area (Å²) in [6, 6.07) is 7.53. The summed E-state index contributed by atoms with van der Waals surface area (Å²) in [6.07, 6.45) is 3.30. The molecule has 2 amide bonds. The standard InChI is InChI=1S/C17H20N8O2/c26-15(10-25-11-19-22-23-25)24-7-3-4-12(9-24)8-18-17(27)16-13-5-1-2-6-14(13)20-21-16/h1-2,5-6,11-12H,3-4,7-10H2,(H,18,27)(H,20,21)/t12-/m1/s1. The minimum Gasteiger partial charge on any atom is -0.350 e. The van der Waals surface area contributed by atoms with E-state index in [1.807, 2.05) is 29.2 Å². The SMILES string of the molecule is O=C(NC[C@H]1CCCN(C(=O)Cn2cnnn2)C1)c1n[nH]c2ccccc12. The first-order chi connectivity index (χ1) is 13.2. The van der Waals surface area contributed by atoms with Crippen LogP contribution in [0.15, 0.2) is 30.6 Å². The van der Waals surface area contributed by atoms with Crippen molar-refractivity contribution in [2.24, 2.45) is 5.92 Å². The molecular formula is C17H20N8O2. The summed E-state index contributed by atoms with van der Waals surface area (Å²) in [5.41, 5.74) is 1.23. The molecule has 0 bridgehead atoms. The lowest BCUT2D eigenvalue weighted by molar-refractivity contribution is -0.133. The molecule has 3 heterocycles. The number of fused-ring (bicyclic) bond motifs is 1. The van der Waals surface area contributed by atoms with Gasteiger partial charge in [0.25, 0.3) is 5.91 Å². The Morgan fingerprint density at radius 1 is 1.30 bits per heavy atom. The van der Waals surface area contributed by atoms with Crippen molar-refractivity contribution in [3.05, 3.63) is 36.3 Å². The summed E-state index contributed by atoms with van der Waals surface area (Å²) < 4.78 is 1.41. The quantitative estimate of drug-likeness (QED) is 0.664. The number of hydrogen-bond acceptors (Lipinski definition) is 6. The van der Waals surface area contributed by atoms with Crippen molar-refractivity contribution < 1.29 is 9.59 Å². The highest BCUT2D eigenvalue weighted by molar-refractivity contribution is 6.04. The maximum Gasteiger partial charge on any atom is 0.272 e. The second-order valence-corrected chi connectivity index (χ2v) is 6.68. The van der Waals surface area contributed by atoms with E-state index in [-0.39, 0.29) is 24.3 Å². The number of aromatic amines is 1. The highest BCUT2D eigenvalue weighted by atomic mass is 16.2. The van der Waals surface area contributed by atoms with Crippen LogP contribution < -0.4 is 5.32 Å². The number of amides is 2. The van der Waals surface area contributed by atoms with Gasteiger partial charge in [-0.05, 0) is 35.3 Å². The molecule has 3 aromatic rings. The van der Waals surface area contributed by atoms with Crippen molar-refractivity contribution in [1.82, 2.24) is 40.6 Å². The first-order valence-electron chi connectivity index (χ1n) is 8.90. The monoisotopic (exact) mass is 368 g/mol. The van der Waals surface area contributed by atoms with Gasteiger partial charge in [0, 0.05) is 25.0 Å². The maximum absolute atomic E-state index is 12.5. The highest BCUT2D eigenvalue weighted by Crippen LogP contribution is 2.18. The minimum atomic E-state index is -0.204. The molecule has 1 fully saturated rings. The smallest absolute Gasteiger partial charge is 0.272 e. The van der Waals surface area contributed by atoms with Crippen LogP contribution in [-0.4, -0.2) is 66.8 Å². The van der Waals surface area contributed by atoms with Crippen molar-refractivity contribution in [3.8, 4) is 0 Å². The number of likely N-dealkylation sites (tertiary alicyclic amines) is 1. The number of rotatable bonds is 5. The van der Waals surface area contributed by atoms with E-state index in [1.54, 1.807) is 0 Å². The summed E-state index contributed by atoms with van der Waals surface area (Å²) >= 11 is 0. The number of nitrogens with one attached hydrogen (secondary N) is 2. The zero-order valence-electron chi connectivity index (χ0n) is 14.7. The zero-order valence-corrected chi connectivity index (χ0v) is 14.7. The van der Waals surface area contributed by atoms with Gasteiger partial charge in [-0.3, -0.25) is 14.7 Å². The molecule has 0 unspecified atom stereocenters. The van der Waals surface area contributed by atoms with E-state index >= 15 is 0 Å². The van der Waals surface area contributed by atoms with E-state index in [0.29, 0.717) is 18.8 Å². The van der Waals surface area contributed by atoms with E-state index in [4.69, 9.17) is 0 Å². The van der Waals surface area contributed by atoms with Gasteiger partial charge in [0.15, 0.2) is 5.69 Å². The van der Waals surface area contributed by atoms with Crippen LogP contribution in [0.3, 0.4) is 0 Å². The van der Waals surface area contributed by atoms with Crippen molar-refractivity contribution in [1.29, 1.82) is 0 Å². The molecule has 1 aliphatic heterocycles. The molecule has 10 heteroatoms. The molecule has 4 rings (SSSR count). The second kappa shape index (κ2) is 7.52. The molecule has 1 atom stereocenters. The molecule has 1 saturated heterocycles. The number of carbonyl (C=O) groups excluding carboxylic acids is 2. The van der Waals surface area contributed by atoms with E-state index < -0.39 is 0 Å². The number of carbonyl (C=O) groups is 2. The molecule has 2 N–H and O–H groups in total. The summed E-state index contributed by atoms with van der Waals surface area (Å²) in [4.78, 5) is 26.7. The Balaban J connectivity index is 1.32. The van der Waals surface area contributed by atoms with Crippen molar-refractivity contribution in [3.63, 3.8) is 0 Å². The van der Waals surface area contributed by atoms with Gasteiger partial charge >= 0.3 is 0 Å². The van der Waals surface area contributed by atoms with Crippen LogP contribution in [0.2, 0.25) is 0 Å². The molecule has 0 aliphatic carbocycles. The zero-order chi connectivity index (χ0) is 18.6. The van der Waals surface area contributed by atoms with E-state index in [1.165, 1.54) is 11.0 Å². The van der Waals surface area contributed by atoms with Crippen LogP contribution in [0, 0.1) is 5.92 Å². The second-order valence-electron chi connectivity index (χ2n) is 6.68. The summed E-state index contributed by atoms with van der Waals surface area (Å²) in [5.74, 6) is -0.00746. The Kier molecular flexibility index (Phi) is 4.77. The normalized spacial score (nSPS) is 17.2. The van der Waals surface area contributed by atoms with Gasteiger partial charge in [-0.25, -0.2) is 4.68 Å². The Hall–Kier alpha value is -3.30. The van der Waals surface area contributed by atoms with Crippen LogP contribution in [0.5, 0.6) is 0 Å². The van der Waals surface area contributed by atoms with Crippen LogP contribution in [-0.2, 0) is 11.3 Å². The fourth-order valence-corrected chi connectivity index (χ4v) is 3.41. The highest BCUT2D eigenvalue weighted by Gasteiger charge is 2.25. The average molecular weight is 368 g/mol. The van der Waals surface area contributed by atoms with Gasteiger partial charge in [-0.1, -0.05) is 18.2 Å². The van der Waals surface area contributed by atoms with Crippen LogP contribution >= 0.6 is 0 Å². The summed E-state index contributed by atoms with van der Waals surface area (Å²) in [7, 11) is 0. The molecule has 0 spiro atoms. The molecule has 2 aromatic heterocycles. The third-order valence-corrected chi connectivity index (χ3v) is 4.80. The van der Waals surface area contributed by atoms with Crippen LogP contribution in [0.1, 0.15) is 23.3 Å². The molecule has 140 valence electrons. The van der Waals surface area contributed by atoms with Gasteiger partial charge in [-0.2, -0.15) is 5.10 Å². The minimum absolute atomic E-state index is 0.0170. The largest absolute Gasteiger partial charge is 0.350 e. The summed E-state index contributed by atoms with van der Waals surface area (Å²) in [5, 5.41) is 21.5. The number of benzene rings is 1. The van der Waals surface area contributed by atoms with Gasteiger partial charge in [0.05, 0.1) is 5.52 Å². The number of piperidine rings is 1. The van der Waals surface area contributed by atoms with Crippen molar-refractivity contribution in [2.45, 2.75) is 19.4 Å². The van der Waals surface area contributed by atoms with Crippen LogP contribution in [0.4, 0.5) is 0 Å². The summed E-state index contributed by atoms with van der Waals surface area (Å²) in [6.45, 7) is 1.97. The maximum atomic E-state index is 12.5. The fraction of sp³-hybridized carbons (Fsp3) is 0.412. The average Bonchev–Trinajstić information content (AvgIpc) is 3.36. The van der Waals surface area contributed by atoms with Gasteiger partial charge in [0.2, 0.25) is 5.91 Å². The van der Waals surface area contributed by atoms with Gasteiger partial charge in [-0.15, -0.1) is 5.10 Å². The van der Waals surface area contributed by atoms with Gasteiger partial charge < -0.3 is 10.2 Å². The molecule has 1 aliphatic rings. The predicted molar refractivity (Wildman–Crippen MR) is 95.5 cm³/mol. The van der Waals surface area contributed by atoms with Crippen molar-refractivity contribution >= 4 is 22.7 Å². The number of tetrazole rings is 1. The lowest BCUT2D eigenvalue weighted by atomic mass is 9.98. The third-order valence-electron chi connectivity index (χ3n) is 4.80. The third kappa shape index (κ3) is 3.78. The Bertz CT molecular complexity index is 935. The molecule has 10 nitrogen and oxygen atoms in total. The lowest BCUT2D eigenvalue weighted by Gasteiger charge is -2.32. The number of aromatic nitrogens is 6. The molecule has 0 saturated carbocycles. The Morgan fingerprint density at radius 2 is 2.19 bits per heavy atom. The first-order valence-corrected chi connectivity index (χ1v) is 8.90.